The maximum atomic E-state index is 12.4. The van der Waals surface area contributed by atoms with E-state index in [1.807, 2.05) is 4.90 Å². The highest BCUT2D eigenvalue weighted by molar-refractivity contribution is 6.06. The number of non-ortho nitro benzene ring substituents is 1. The molecular weight excluding hydrogens is 312 g/mol. The van der Waals surface area contributed by atoms with Gasteiger partial charge in [-0.2, -0.15) is 0 Å². The Morgan fingerprint density at radius 3 is 2.75 bits per heavy atom. The van der Waals surface area contributed by atoms with Crippen LogP contribution < -0.4 is 10.2 Å². The van der Waals surface area contributed by atoms with E-state index in [1.54, 1.807) is 24.4 Å². The van der Waals surface area contributed by atoms with Gasteiger partial charge >= 0.3 is 0 Å². The zero-order valence-corrected chi connectivity index (χ0v) is 12.8. The maximum absolute atomic E-state index is 12.4. The summed E-state index contributed by atoms with van der Waals surface area (Å²) in [6, 6.07) is 7.76. The van der Waals surface area contributed by atoms with Crippen molar-refractivity contribution in [3.8, 4) is 0 Å². The number of pyridine rings is 1. The molecule has 2 aromatic rings. The van der Waals surface area contributed by atoms with Crippen LogP contribution in [0.25, 0.3) is 0 Å². The predicted octanol–water partition coefficient (Wildman–Crippen LogP) is 2.08. The van der Waals surface area contributed by atoms with E-state index in [9.17, 15) is 14.9 Å². The van der Waals surface area contributed by atoms with Crippen LogP contribution in [0.4, 0.5) is 17.1 Å². The molecule has 0 aliphatic carbocycles. The topological polar surface area (TPSA) is 97.6 Å². The third-order valence-electron chi connectivity index (χ3n) is 3.71. The van der Waals surface area contributed by atoms with Gasteiger partial charge in [-0.05, 0) is 18.2 Å². The van der Waals surface area contributed by atoms with Gasteiger partial charge in [-0.1, -0.05) is 0 Å². The van der Waals surface area contributed by atoms with Crippen molar-refractivity contribution < 1.29 is 14.5 Å². The normalized spacial score (nSPS) is 14.2. The first-order valence-electron chi connectivity index (χ1n) is 7.47. The van der Waals surface area contributed by atoms with E-state index in [4.69, 9.17) is 4.74 Å². The second kappa shape index (κ2) is 7.05. The van der Waals surface area contributed by atoms with Crippen molar-refractivity contribution in [2.45, 2.75) is 0 Å². The molecule has 8 nitrogen and oxygen atoms in total. The van der Waals surface area contributed by atoms with Crippen molar-refractivity contribution in [2.24, 2.45) is 0 Å². The van der Waals surface area contributed by atoms with Crippen LogP contribution in [0.5, 0.6) is 0 Å². The molecule has 8 heteroatoms. The van der Waals surface area contributed by atoms with Gasteiger partial charge in [0.25, 0.3) is 11.6 Å². The lowest BCUT2D eigenvalue weighted by atomic mass is 10.2. The number of hydrogen-bond acceptors (Lipinski definition) is 6. The summed E-state index contributed by atoms with van der Waals surface area (Å²) in [7, 11) is 0. The summed E-state index contributed by atoms with van der Waals surface area (Å²) in [5, 5.41) is 13.8. The van der Waals surface area contributed by atoms with Crippen LogP contribution in [0.3, 0.4) is 0 Å². The monoisotopic (exact) mass is 328 g/mol. The average molecular weight is 328 g/mol. The molecule has 1 saturated heterocycles. The number of anilines is 2. The summed E-state index contributed by atoms with van der Waals surface area (Å²) in [5.74, 6) is -0.363. The molecule has 1 aromatic carbocycles. The minimum Gasteiger partial charge on any atom is -0.378 e. The number of nitrogens with one attached hydrogen (secondary N) is 1. The molecule has 3 rings (SSSR count). The van der Waals surface area contributed by atoms with E-state index in [1.165, 1.54) is 18.3 Å². The summed E-state index contributed by atoms with van der Waals surface area (Å²) in [4.78, 5) is 28.9. The molecular formula is C16H16N4O4. The first kappa shape index (κ1) is 15.9. The van der Waals surface area contributed by atoms with Gasteiger partial charge in [0.1, 0.15) is 0 Å². The SMILES string of the molecule is O=C(Nc1cc([N+](=O)[O-])ccc1N1CCOCC1)c1cccnc1. The summed E-state index contributed by atoms with van der Waals surface area (Å²) in [6.45, 7) is 2.47. The number of nitro benzene ring substituents is 1. The first-order chi connectivity index (χ1) is 11.6. The van der Waals surface area contributed by atoms with E-state index in [-0.39, 0.29) is 11.6 Å². The molecule has 1 amide bonds. The minimum atomic E-state index is -0.483. The summed E-state index contributed by atoms with van der Waals surface area (Å²) in [5.41, 5.74) is 1.45. The quantitative estimate of drug-likeness (QED) is 0.681. The van der Waals surface area contributed by atoms with Crippen molar-refractivity contribution >= 4 is 23.0 Å². The van der Waals surface area contributed by atoms with Crippen LogP contribution in [-0.2, 0) is 4.74 Å². The molecule has 124 valence electrons. The molecule has 0 radical (unpaired) electrons. The number of rotatable bonds is 4. The predicted molar refractivity (Wildman–Crippen MR) is 88.3 cm³/mol. The van der Waals surface area contributed by atoms with Crippen molar-refractivity contribution in [3.05, 3.63) is 58.4 Å². The van der Waals surface area contributed by atoms with Crippen LogP contribution in [-0.4, -0.2) is 42.1 Å². The molecule has 1 aromatic heterocycles. The molecule has 2 heterocycles. The number of nitrogens with zero attached hydrogens (tertiary/aromatic N) is 3. The highest BCUT2D eigenvalue weighted by atomic mass is 16.6. The van der Waals surface area contributed by atoms with Gasteiger partial charge < -0.3 is 15.0 Å². The Morgan fingerprint density at radius 2 is 2.08 bits per heavy atom. The molecule has 0 saturated carbocycles. The number of carbonyl (C=O) groups excluding carboxylic acids is 1. The summed E-state index contributed by atoms with van der Waals surface area (Å²) < 4.78 is 5.33. The lowest BCUT2D eigenvalue weighted by Crippen LogP contribution is -2.36. The van der Waals surface area contributed by atoms with Gasteiger partial charge in [0, 0.05) is 37.6 Å². The van der Waals surface area contributed by atoms with Gasteiger partial charge in [0.15, 0.2) is 0 Å². The van der Waals surface area contributed by atoms with Gasteiger partial charge in [0.2, 0.25) is 0 Å². The van der Waals surface area contributed by atoms with E-state index in [0.29, 0.717) is 37.6 Å². The largest absolute Gasteiger partial charge is 0.378 e. The van der Waals surface area contributed by atoms with Crippen LogP contribution in [0.1, 0.15) is 10.4 Å². The van der Waals surface area contributed by atoms with Gasteiger partial charge in [-0.25, -0.2) is 0 Å². The van der Waals surface area contributed by atoms with E-state index < -0.39 is 4.92 Å². The van der Waals surface area contributed by atoms with Crippen molar-refractivity contribution in [2.75, 3.05) is 36.5 Å². The van der Waals surface area contributed by atoms with E-state index >= 15 is 0 Å². The zero-order valence-electron chi connectivity index (χ0n) is 12.8. The lowest BCUT2D eigenvalue weighted by molar-refractivity contribution is -0.384. The number of amides is 1. The Balaban J connectivity index is 1.92. The number of ether oxygens (including phenoxy) is 1. The van der Waals surface area contributed by atoms with Crippen molar-refractivity contribution in [1.82, 2.24) is 4.98 Å². The molecule has 0 spiro atoms. The Kier molecular flexibility index (Phi) is 4.66. The van der Waals surface area contributed by atoms with Crippen LogP contribution in [0.15, 0.2) is 42.7 Å². The Hall–Kier alpha value is -3.00. The van der Waals surface area contributed by atoms with Gasteiger partial charge in [-0.3, -0.25) is 19.9 Å². The second-order valence-electron chi connectivity index (χ2n) is 5.25. The fourth-order valence-corrected chi connectivity index (χ4v) is 2.51. The number of hydrogen-bond donors (Lipinski definition) is 1. The first-order valence-corrected chi connectivity index (χ1v) is 7.47. The highest BCUT2D eigenvalue weighted by Gasteiger charge is 2.19. The third-order valence-corrected chi connectivity index (χ3v) is 3.71. The fourth-order valence-electron chi connectivity index (χ4n) is 2.51. The average Bonchev–Trinajstić information content (AvgIpc) is 2.63. The number of aromatic nitrogens is 1. The zero-order chi connectivity index (χ0) is 16.9. The molecule has 0 unspecified atom stereocenters. The molecule has 1 aliphatic rings. The van der Waals surface area contributed by atoms with Crippen molar-refractivity contribution in [1.29, 1.82) is 0 Å². The van der Waals surface area contributed by atoms with E-state index in [0.717, 1.165) is 5.69 Å². The lowest BCUT2D eigenvalue weighted by Gasteiger charge is -2.30. The van der Waals surface area contributed by atoms with Gasteiger partial charge in [0.05, 0.1) is 35.1 Å². The Labute approximate surface area is 138 Å². The van der Waals surface area contributed by atoms with E-state index in [2.05, 4.69) is 10.3 Å². The standard InChI is InChI=1S/C16H16N4O4/c21-16(12-2-1-5-17-11-12)18-14-10-13(20(22)23)3-4-15(14)19-6-8-24-9-7-19/h1-5,10-11H,6-9H2,(H,18,21). The maximum Gasteiger partial charge on any atom is 0.271 e. The molecule has 0 bridgehead atoms. The number of morpholine rings is 1. The van der Waals surface area contributed by atoms with Crippen LogP contribution in [0, 0.1) is 10.1 Å². The Morgan fingerprint density at radius 1 is 1.29 bits per heavy atom. The second-order valence-corrected chi connectivity index (χ2v) is 5.25. The van der Waals surface area contributed by atoms with Crippen LogP contribution in [0.2, 0.25) is 0 Å². The highest BCUT2D eigenvalue weighted by Crippen LogP contribution is 2.31. The molecule has 1 fully saturated rings. The smallest absolute Gasteiger partial charge is 0.271 e. The summed E-state index contributed by atoms with van der Waals surface area (Å²) in [6.07, 6.45) is 3.02. The minimum absolute atomic E-state index is 0.0755. The van der Waals surface area contributed by atoms with Gasteiger partial charge in [-0.15, -0.1) is 0 Å². The fraction of sp³-hybridized carbons (Fsp3) is 0.250. The molecule has 1 N–H and O–H groups in total. The molecule has 24 heavy (non-hydrogen) atoms. The van der Waals surface area contributed by atoms with Crippen molar-refractivity contribution in [3.63, 3.8) is 0 Å². The number of nitro groups is 1. The van der Waals surface area contributed by atoms with Crippen LogP contribution >= 0.6 is 0 Å². The molecule has 0 atom stereocenters. The number of carbonyl (C=O) groups is 1. The number of benzene rings is 1. The molecule has 1 aliphatic heterocycles. The third kappa shape index (κ3) is 3.49. The Bertz CT molecular complexity index is 745. The summed E-state index contributed by atoms with van der Waals surface area (Å²) >= 11 is 0.